The Kier molecular flexibility index (Phi) is 6.01. The number of nitrogens with one attached hydrogen (secondary N) is 1. The number of halogens is 1. The minimum absolute atomic E-state index is 0.0877. The lowest BCUT2D eigenvalue weighted by Gasteiger charge is -2.29. The molecule has 1 rings (SSSR count). The van der Waals surface area contributed by atoms with Gasteiger partial charge < -0.3 is 10.4 Å². The molecule has 0 aromatic heterocycles. The Bertz CT molecular complexity index is 434. The summed E-state index contributed by atoms with van der Waals surface area (Å²) in [5.41, 5.74) is 1.48. The zero-order valence-corrected chi connectivity index (χ0v) is 13.4. The molecule has 4 heteroatoms. The van der Waals surface area contributed by atoms with Crippen LogP contribution in [0.15, 0.2) is 22.7 Å². The smallest absolute Gasteiger partial charge is 0.251 e. The molecule has 2 N–H and O–H groups in total. The number of benzene rings is 1. The van der Waals surface area contributed by atoms with E-state index in [4.69, 9.17) is 0 Å². The highest BCUT2D eigenvalue weighted by Gasteiger charge is 2.25. The number of aliphatic hydroxyl groups is 1. The number of carbonyl (C=O) groups excluding carboxylic acids is 1. The molecule has 0 aliphatic heterocycles. The Morgan fingerprint density at radius 2 is 2.00 bits per heavy atom. The molecule has 0 bridgehead atoms. The Morgan fingerprint density at radius 3 is 2.47 bits per heavy atom. The Balaban J connectivity index is 2.72. The van der Waals surface area contributed by atoms with Crippen molar-refractivity contribution in [2.24, 2.45) is 5.41 Å². The van der Waals surface area contributed by atoms with E-state index < -0.39 is 0 Å². The van der Waals surface area contributed by atoms with E-state index in [1.165, 1.54) is 0 Å². The lowest BCUT2D eigenvalue weighted by atomic mass is 9.83. The first-order chi connectivity index (χ1) is 8.98. The number of carbonyl (C=O) groups is 1. The van der Waals surface area contributed by atoms with Crippen LogP contribution >= 0.6 is 15.9 Å². The number of rotatable bonds is 6. The monoisotopic (exact) mass is 327 g/mol. The molecule has 0 aliphatic rings. The van der Waals surface area contributed by atoms with Crippen LogP contribution in [0, 0.1) is 12.3 Å². The van der Waals surface area contributed by atoms with Crippen LogP contribution in [0.4, 0.5) is 0 Å². The van der Waals surface area contributed by atoms with Gasteiger partial charge in [-0.05, 0) is 43.5 Å². The molecule has 0 heterocycles. The van der Waals surface area contributed by atoms with Crippen molar-refractivity contribution in [3.8, 4) is 0 Å². The van der Waals surface area contributed by atoms with Crippen LogP contribution < -0.4 is 5.32 Å². The first-order valence-corrected chi connectivity index (χ1v) is 7.42. The van der Waals surface area contributed by atoms with E-state index in [0.717, 1.165) is 22.9 Å². The Labute approximate surface area is 123 Å². The van der Waals surface area contributed by atoms with Crippen LogP contribution in [0.25, 0.3) is 0 Å². The van der Waals surface area contributed by atoms with Crippen molar-refractivity contribution >= 4 is 21.8 Å². The first-order valence-electron chi connectivity index (χ1n) is 6.63. The third kappa shape index (κ3) is 4.05. The average molecular weight is 328 g/mol. The maximum absolute atomic E-state index is 12.1. The van der Waals surface area contributed by atoms with Crippen molar-refractivity contribution in [2.45, 2.75) is 33.6 Å². The number of hydrogen-bond acceptors (Lipinski definition) is 2. The van der Waals surface area contributed by atoms with Crippen molar-refractivity contribution in [3.05, 3.63) is 33.8 Å². The second kappa shape index (κ2) is 7.06. The zero-order valence-electron chi connectivity index (χ0n) is 11.8. The van der Waals surface area contributed by atoms with Crippen LogP contribution in [-0.4, -0.2) is 24.2 Å². The molecule has 0 atom stereocenters. The fraction of sp³-hybridized carbons (Fsp3) is 0.533. The van der Waals surface area contributed by atoms with Crippen molar-refractivity contribution < 1.29 is 9.90 Å². The molecule has 1 aromatic carbocycles. The molecule has 0 spiro atoms. The van der Waals surface area contributed by atoms with Gasteiger partial charge in [-0.25, -0.2) is 0 Å². The van der Waals surface area contributed by atoms with Gasteiger partial charge in [0.05, 0.1) is 6.61 Å². The van der Waals surface area contributed by atoms with E-state index in [1.807, 2.05) is 32.9 Å². The van der Waals surface area contributed by atoms with Crippen molar-refractivity contribution in [3.63, 3.8) is 0 Å². The third-order valence-electron chi connectivity index (χ3n) is 3.88. The summed E-state index contributed by atoms with van der Waals surface area (Å²) in [6.45, 7) is 6.63. The SMILES string of the molecule is CCC(CC)(CO)CNC(=O)c1ccc(Br)c(C)c1. The average Bonchev–Trinajstić information content (AvgIpc) is 2.43. The molecule has 0 saturated carbocycles. The van der Waals surface area contributed by atoms with Gasteiger partial charge in [-0.2, -0.15) is 0 Å². The molecule has 0 unspecified atom stereocenters. The van der Waals surface area contributed by atoms with Crippen molar-refractivity contribution in [1.82, 2.24) is 5.32 Å². The summed E-state index contributed by atoms with van der Waals surface area (Å²) in [6.07, 6.45) is 1.69. The summed E-state index contributed by atoms with van der Waals surface area (Å²) >= 11 is 3.42. The van der Waals surface area contributed by atoms with Gasteiger partial charge in [0.2, 0.25) is 0 Å². The predicted molar refractivity (Wildman–Crippen MR) is 81.3 cm³/mol. The van der Waals surface area contributed by atoms with E-state index in [1.54, 1.807) is 6.07 Å². The molecule has 19 heavy (non-hydrogen) atoms. The molecule has 3 nitrogen and oxygen atoms in total. The fourth-order valence-electron chi connectivity index (χ4n) is 1.94. The van der Waals surface area contributed by atoms with Crippen LogP contribution in [0.1, 0.15) is 42.6 Å². The summed E-state index contributed by atoms with van der Waals surface area (Å²) in [4.78, 5) is 12.1. The van der Waals surface area contributed by atoms with Crippen LogP contribution in [0.2, 0.25) is 0 Å². The second-order valence-corrected chi connectivity index (χ2v) is 5.87. The highest BCUT2D eigenvalue weighted by atomic mass is 79.9. The van der Waals surface area contributed by atoms with Gasteiger partial charge in [-0.15, -0.1) is 0 Å². The van der Waals surface area contributed by atoms with Gasteiger partial charge >= 0.3 is 0 Å². The maximum atomic E-state index is 12.1. The van der Waals surface area contributed by atoms with Crippen molar-refractivity contribution in [1.29, 1.82) is 0 Å². The van der Waals surface area contributed by atoms with E-state index in [-0.39, 0.29) is 17.9 Å². The zero-order chi connectivity index (χ0) is 14.5. The van der Waals surface area contributed by atoms with Gasteiger partial charge in [0.25, 0.3) is 5.91 Å². The van der Waals surface area contributed by atoms with Gasteiger partial charge in [-0.1, -0.05) is 29.8 Å². The van der Waals surface area contributed by atoms with Crippen LogP contribution in [0.3, 0.4) is 0 Å². The molecule has 0 radical (unpaired) electrons. The lowest BCUT2D eigenvalue weighted by molar-refractivity contribution is 0.0851. The number of aryl methyl sites for hydroxylation is 1. The van der Waals surface area contributed by atoms with E-state index in [9.17, 15) is 9.90 Å². The maximum Gasteiger partial charge on any atom is 0.251 e. The largest absolute Gasteiger partial charge is 0.396 e. The number of aliphatic hydroxyl groups excluding tert-OH is 1. The van der Waals surface area contributed by atoms with Crippen LogP contribution in [-0.2, 0) is 0 Å². The molecule has 0 saturated heterocycles. The predicted octanol–water partition coefficient (Wildman–Crippen LogP) is 3.29. The molecule has 1 amide bonds. The molecule has 1 aromatic rings. The summed E-state index contributed by atoms with van der Waals surface area (Å²) < 4.78 is 0.996. The summed E-state index contributed by atoms with van der Waals surface area (Å²) in [6, 6.07) is 5.53. The lowest BCUT2D eigenvalue weighted by Crippen LogP contribution is -2.39. The molecule has 106 valence electrons. The number of amides is 1. The second-order valence-electron chi connectivity index (χ2n) is 5.01. The fourth-order valence-corrected chi connectivity index (χ4v) is 2.18. The minimum Gasteiger partial charge on any atom is -0.396 e. The van der Waals surface area contributed by atoms with Crippen molar-refractivity contribution in [2.75, 3.05) is 13.2 Å². The quantitative estimate of drug-likeness (QED) is 0.842. The Hall–Kier alpha value is -0.870. The summed E-state index contributed by atoms with van der Waals surface area (Å²) in [5, 5.41) is 12.4. The molecule has 0 fully saturated rings. The molecular weight excluding hydrogens is 306 g/mol. The van der Waals surface area contributed by atoms with E-state index >= 15 is 0 Å². The first kappa shape index (κ1) is 16.2. The Morgan fingerprint density at radius 1 is 1.37 bits per heavy atom. The van der Waals surface area contributed by atoms with Crippen LogP contribution in [0.5, 0.6) is 0 Å². The van der Waals surface area contributed by atoms with Gasteiger partial charge in [0, 0.05) is 22.0 Å². The standard InChI is InChI=1S/C15H22BrNO2/c1-4-15(5-2,10-18)9-17-14(19)12-6-7-13(16)11(3)8-12/h6-8,18H,4-5,9-10H2,1-3H3,(H,17,19). The van der Waals surface area contributed by atoms with E-state index in [2.05, 4.69) is 21.2 Å². The minimum atomic E-state index is -0.208. The summed E-state index contributed by atoms with van der Waals surface area (Å²) in [7, 11) is 0. The molecule has 0 aliphatic carbocycles. The van der Waals surface area contributed by atoms with Gasteiger partial charge in [0.15, 0.2) is 0 Å². The highest BCUT2D eigenvalue weighted by molar-refractivity contribution is 9.10. The van der Waals surface area contributed by atoms with Gasteiger partial charge in [-0.3, -0.25) is 4.79 Å². The molecular formula is C15H22BrNO2. The topological polar surface area (TPSA) is 49.3 Å². The third-order valence-corrected chi connectivity index (χ3v) is 4.77. The number of hydrogen-bond donors (Lipinski definition) is 2. The normalized spacial score (nSPS) is 11.4. The van der Waals surface area contributed by atoms with Gasteiger partial charge in [0.1, 0.15) is 0 Å². The highest BCUT2D eigenvalue weighted by Crippen LogP contribution is 2.24. The van der Waals surface area contributed by atoms with E-state index in [0.29, 0.717) is 12.1 Å². The summed E-state index contributed by atoms with van der Waals surface area (Å²) in [5.74, 6) is -0.0877.